The molecule has 502 valence electrons. The van der Waals surface area contributed by atoms with Crippen molar-refractivity contribution in [3.8, 4) is 22.3 Å². The van der Waals surface area contributed by atoms with Gasteiger partial charge in [-0.05, 0) is 164 Å². The highest BCUT2D eigenvalue weighted by Crippen LogP contribution is 2.36. The Morgan fingerprint density at radius 2 is 1.04 bits per heavy atom. The Hall–Kier alpha value is -7.92. The molecule has 2 amide bonds. The fourth-order valence-corrected chi connectivity index (χ4v) is 11.1. The first-order valence-corrected chi connectivity index (χ1v) is 30.4. The Kier molecular flexibility index (Phi) is 13.5. The number of benzene rings is 6. The number of halogens is 8. The maximum atomic E-state index is 15.1. The third kappa shape index (κ3) is 19.0. The van der Waals surface area contributed by atoms with Crippen LogP contribution in [0.15, 0.2) is 159 Å². The molecule has 10 rings (SSSR count). The number of rotatable bonds is 26. The van der Waals surface area contributed by atoms with E-state index in [4.69, 9.17) is 42.5 Å². The van der Waals surface area contributed by atoms with Gasteiger partial charge in [0.15, 0.2) is 10.3 Å². The first-order valence-electron chi connectivity index (χ1n) is 44.9. The van der Waals surface area contributed by atoms with Gasteiger partial charge in [0.1, 0.15) is 24.7 Å². The molecule has 0 spiro atoms. The molecule has 0 N–H and O–H groups in total. The van der Waals surface area contributed by atoms with Crippen LogP contribution in [-0.4, -0.2) is 102 Å². The number of carbonyl (C=O) groups is 2. The highest BCUT2D eigenvalue weighted by atomic mass is 32.2. The number of amides is 2. The maximum Gasteiger partial charge on any atom is 0.416 e. The van der Waals surface area contributed by atoms with Crippen molar-refractivity contribution in [3.05, 3.63) is 233 Å². The summed E-state index contributed by atoms with van der Waals surface area (Å²) in [6.45, 7) is -28.2. The van der Waals surface area contributed by atoms with E-state index in [2.05, 4.69) is 9.97 Å². The molecule has 12 nitrogen and oxygen atoms in total. The van der Waals surface area contributed by atoms with Crippen LogP contribution in [0.25, 0.3) is 22.3 Å². The van der Waals surface area contributed by atoms with Gasteiger partial charge in [-0.1, -0.05) is 148 Å². The molecule has 0 unspecified atom stereocenters. The zero-order valence-corrected chi connectivity index (χ0v) is 52.5. The van der Waals surface area contributed by atoms with Crippen LogP contribution >= 0.6 is 23.5 Å². The number of likely N-dealkylation sites (N-methyl/N-ethyl adjacent to an activating group) is 2. The molecule has 2 aromatic heterocycles. The van der Waals surface area contributed by atoms with Gasteiger partial charge in [0.2, 0.25) is 11.8 Å². The zero-order chi connectivity index (χ0) is 97.3. The molecule has 6 aromatic carbocycles. The van der Waals surface area contributed by atoms with Gasteiger partial charge in [0.25, 0.3) is 11.1 Å². The van der Waals surface area contributed by atoms with Crippen molar-refractivity contribution in [2.75, 3.05) is 52.0 Å². The van der Waals surface area contributed by atoms with Crippen LogP contribution in [-0.2, 0) is 85.2 Å². The Morgan fingerprint density at radius 3 is 1.59 bits per heavy atom. The monoisotopic (exact) mass is 1380 g/mol. The molecule has 8 aromatic rings. The lowest BCUT2D eigenvalue weighted by Gasteiger charge is -2.28. The van der Waals surface area contributed by atoms with E-state index in [9.17, 15) is 52.2 Å². The molecule has 0 fully saturated rings. The van der Waals surface area contributed by atoms with E-state index < -0.39 is 272 Å². The second-order valence-electron chi connectivity index (χ2n) is 20.3. The highest BCUT2D eigenvalue weighted by molar-refractivity contribution is 7.98. The third-order valence-electron chi connectivity index (χ3n) is 14.0. The third-order valence-corrected chi connectivity index (χ3v) is 16.1. The van der Waals surface area contributed by atoms with Crippen LogP contribution in [0.5, 0.6) is 0 Å². The molecular weight excluding hydrogens is 1270 g/mol. The molecule has 95 heavy (non-hydrogen) atoms. The van der Waals surface area contributed by atoms with E-state index in [1.807, 2.05) is 0 Å². The number of aromatic nitrogens is 4. The van der Waals surface area contributed by atoms with Crippen molar-refractivity contribution in [1.29, 1.82) is 0 Å². The van der Waals surface area contributed by atoms with Crippen molar-refractivity contribution in [1.82, 2.24) is 38.7 Å². The lowest BCUT2D eigenvalue weighted by Crippen LogP contribution is -2.40. The number of fused-ring (bicyclic) bond motifs is 2. The number of nitrogens with zero attached hydrogens (tertiary/aromatic N) is 8. The van der Waals surface area contributed by atoms with E-state index in [1.165, 1.54) is 53.1 Å². The molecule has 2 heterocycles. The molecule has 2 aliphatic rings. The molecule has 0 saturated heterocycles. The molecule has 0 aliphatic heterocycles. The summed E-state index contributed by atoms with van der Waals surface area (Å²) in [5.74, 6) is -5.57. The van der Waals surface area contributed by atoms with E-state index in [-0.39, 0.29) is 42.9 Å². The molecular formula is C73H78F8N8O4S2. The Bertz CT molecular complexity index is 5680. The van der Waals surface area contributed by atoms with Crippen molar-refractivity contribution in [3.63, 3.8) is 0 Å². The van der Waals surface area contributed by atoms with Gasteiger partial charge in [-0.25, -0.2) is 8.78 Å². The van der Waals surface area contributed by atoms with Crippen LogP contribution in [0, 0.1) is 18.6 Å². The maximum absolute atomic E-state index is 15.1. The fourth-order valence-electron chi connectivity index (χ4n) is 9.24. The minimum Gasteiger partial charge on any atom is -0.336 e. The normalized spacial score (nSPS) is 20.7. The molecule has 2 aliphatic carbocycles. The average Bonchev–Trinajstić information content (AvgIpc) is 1.52. The van der Waals surface area contributed by atoms with Gasteiger partial charge >= 0.3 is 12.4 Å². The predicted molar refractivity (Wildman–Crippen MR) is 358 cm³/mol. The van der Waals surface area contributed by atoms with E-state index in [0.29, 0.717) is 70.5 Å². The summed E-state index contributed by atoms with van der Waals surface area (Å²) in [7, 11) is 0. The molecule has 0 bridgehead atoms. The molecule has 0 radical (unpaired) electrons. The van der Waals surface area contributed by atoms with E-state index >= 15 is 4.79 Å². The smallest absolute Gasteiger partial charge is 0.336 e. The van der Waals surface area contributed by atoms with Crippen molar-refractivity contribution in [2.24, 2.45) is 0 Å². The Balaban J connectivity index is 0.000000300. The van der Waals surface area contributed by atoms with Crippen LogP contribution in [0.3, 0.4) is 0 Å². The number of carbonyl (C=O) groups excluding carboxylic acids is 2. The average molecular weight is 1380 g/mol. The fraction of sp³-hybridized carbons (Fsp3) is 0.370. The highest BCUT2D eigenvalue weighted by Gasteiger charge is 2.33. The SMILES string of the molecule is [2H]C([2H])(C)N(C([2H])([2H])C)C([2H])([2H])C([2H])([2H])N(Cc1ccc(-c2ccc(C(F)(F)F)cc2)cc1)C(=O)Cn1c(SCc2ccc(F)cc2)nc(=O)c2c1CCC2.[2H]c1c([2H])c(CSc2nc(=O)c3c(n2CC(=O)N(Cc2c([2H])c([2H])c(-c4c([2H])c([2H])c(C(F)(F)F)c(C)c4[2H])c([2H])c2[2H])C([2H])([2H])C([2H])([2H])N(C([2H])([2H])C)C([2H])([2H])C)C([2H])([2H])C([2H])([2H])C3([2H])[2H])c([2H])c([2H])c1F. The topological polar surface area (TPSA) is 117 Å². The first-order chi connectivity index (χ1) is 58.1. The van der Waals surface area contributed by atoms with E-state index in [0.717, 1.165) is 44.7 Å². The Morgan fingerprint density at radius 1 is 0.547 bits per heavy atom. The lowest BCUT2D eigenvalue weighted by molar-refractivity contribution is -0.138. The van der Waals surface area contributed by atoms with Gasteiger partial charge in [-0.3, -0.25) is 19.2 Å². The lowest BCUT2D eigenvalue weighted by atomic mass is 9.98. The van der Waals surface area contributed by atoms with Crippen LogP contribution in [0.4, 0.5) is 35.1 Å². The van der Waals surface area contributed by atoms with E-state index in [1.54, 1.807) is 12.1 Å². The van der Waals surface area contributed by atoms with Gasteiger partial charge < -0.3 is 28.7 Å². The summed E-state index contributed by atoms with van der Waals surface area (Å²) in [5.41, 5.74) is -9.28. The van der Waals surface area contributed by atoms with Crippen LogP contribution in [0.2, 0.25) is 0 Å². The van der Waals surface area contributed by atoms with Gasteiger partial charge in [-0.15, -0.1) is 0 Å². The Labute approximate surface area is 603 Å². The predicted octanol–water partition coefficient (Wildman–Crippen LogP) is 14.7. The summed E-state index contributed by atoms with van der Waals surface area (Å²) < 4.78 is 394. The van der Waals surface area contributed by atoms with Crippen LogP contribution < -0.4 is 11.1 Å². The van der Waals surface area contributed by atoms with Gasteiger partial charge in [0.05, 0.1) is 31.7 Å². The van der Waals surface area contributed by atoms with Crippen molar-refractivity contribution < 1.29 is 89.9 Å². The number of thioether (sulfide) groups is 2. The summed E-state index contributed by atoms with van der Waals surface area (Å²) in [5, 5.41) is -0.827. The summed E-state index contributed by atoms with van der Waals surface area (Å²) >= 11 is 1.27. The second-order valence-corrected chi connectivity index (χ2v) is 22.2. The minimum absolute atomic E-state index is 0.0869. The van der Waals surface area contributed by atoms with Crippen LogP contribution in [0.1, 0.15) is 147 Å². The zero-order valence-electron chi connectivity index (χ0n) is 83.8. The number of hydrogen-bond donors (Lipinski definition) is 0. The largest absolute Gasteiger partial charge is 0.416 e. The van der Waals surface area contributed by atoms with Crippen molar-refractivity contribution >= 4 is 35.3 Å². The first kappa shape index (κ1) is 39.3. The summed E-state index contributed by atoms with van der Waals surface area (Å²) in [6.07, 6.45) is -19.4. The van der Waals surface area contributed by atoms with Gasteiger partial charge in [-0.2, -0.15) is 36.3 Å². The minimum atomic E-state index is -5.28. The quantitative estimate of drug-likeness (QED) is 0.0295. The summed E-state index contributed by atoms with van der Waals surface area (Å²) in [6, 6.07) is 2.60. The molecule has 22 heteroatoms. The number of alkyl halides is 6. The van der Waals surface area contributed by atoms with Gasteiger partial charge in [0, 0.05) is 97.8 Å². The standard InChI is InChI=1S/C37H40F4N4O2S.C36H38F4N4O2S/c1-4-43(5-2)19-20-44(22-26-9-13-28(14-10-26)29-15-18-32(25(3)21-29)37(39,40)41)34(46)23-45-33-8-6-7-31(33)35(47)42-36(45)48-24-27-11-16-30(38)17-12-27;1-3-42(4-2)20-21-43(22-25-8-12-27(13-9-25)28-14-16-29(17-15-28)36(38,39)40)33(45)23-44-32-7-5-6-31(32)34(46)41-35(44)47-24-26-10-18-30(37)19-11-26/h9-18,21H,4-8,19-20,22-24H2,1-3H3;8-19H,3-7,20-24H2,1-2H3/i4D2,5D2,6D2,7D2,8D2,9D,10D,11D,12D,13D,14D,15D,16D,17D,18D,19D2,20D2,21D;3D2,4D2,20D2,21D2. The molecule has 0 atom stereocenters. The van der Waals surface area contributed by atoms with Crippen molar-refractivity contribution in [2.45, 2.75) is 133 Å². The second kappa shape index (κ2) is 32.7. The summed E-state index contributed by atoms with van der Waals surface area (Å²) in [4.78, 5) is 64.3. The number of hydrogen-bond acceptors (Lipinski definition) is 10. The molecule has 0 saturated carbocycles.